The molecule has 0 amide bonds. The van der Waals surface area contributed by atoms with Crippen molar-refractivity contribution in [2.24, 2.45) is 0 Å². The number of methoxy groups -OCH3 is 1. The number of nitrogens with zero attached hydrogens (tertiary/aromatic N) is 1. The van der Waals surface area contributed by atoms with E-state index in [1.54, 1.807) is 13.3 Å². The number of oxazole rings is 1. The second kappa shape index (κ2) is 5.72. The van der Waals surface area contributed by atoms with Crippen LogP contribution in [0.1, 0.15) is 25.0 Å². The Balaban J connectivity index is 2.31. The second-order valence-corrected chi connectivity index (χ2v) is 2.83. The van der Waals surface area contributed by atoms with Gasteiger partial charge in [-0.1, -0.05) is 6.92 Å². The normalized spacial score (nSPS) is 10.6. The van der Waals surface area contributed by atoms with Gasteiger partial charge in [-0.05, 0) is 13.0 Å². The van der Waals surface area contributed by atoms with Gasteiger partial charge >= 0.3 is 0 Å². The van der Waals surface area contributed by atoms with E-state index in [9.17, 15) is 0 Å². The fraction of sp³-hybridized carbons (Fsp3) is 0.667. The average Bonchev–Trinajstić information content (AvgIpc) is 2.54. The molecule has 1 aromatic rings. The Labute approximate surface area is 78.3 Å². The Morgan fingerprint density at radius 1 is 1.62 bits per heavy atom. The minimum atomic E-state index is 0.487. The van der Waals surface area contributed by atoms with E-state index in [0.29, 0.717) is 13.2 Å². The lowest BCUT2D eigenvalue weighted by atomic mass is 10.5. The van der Waals surface area contributed by atoms with Crippen LogP contribution in [0.3, 0.4) is 0 Å². The van der Waals surface area contributed by atoms with Crippen molar-refractivity contribution in [3.63, 3.8) is 0 Å². The maximum absolute atomic E-state index is 5.37. The van der Waals surface area contributed by atoms with Gasteiger partial charge in [0.05, 0.1) is 12.7 Å². The third-order valence-corrected chi connectivity index (χ3v) is 1.59. The predicted octanol–water partition coefficient (Wildman–Crippen LogP) is 1.32. The van der Waals surface area contributed by atoms with Crippen LogP contribution in [-0.2, 0) is 17.9 Å². The number of ether oxygens (including phenoxy) is 1. The van der Waals surface area contributed by atoms with Gasteiger partial charge in [-0.15, -0.1) is 0 Å². The first-order valence-electron chi connectivity index (χ1n) is 4.50. The summed E-state index contributed by atoms with van der Waals surface area (Å²) < 4.78 is 10.3. The molecule has 0 radical (unpaired) electrons. The molecule has 4 heteroatoms. The van der Waals surface area contributed by atoms with Gasteiger partial charge in [0.15, 0.2) is 0 Å². The molecule has 1 N–H and O–H groups in total. The largest absolute Gasteiger partial charge is 0.442 e. The molecule has 0 atom stereocenters. The standard InChI is InChI=1S/C9H16N2O2/c1-3-4-10-6-9-11-5-8(13-9)7-12-2/h5,10H,3-4,6-7H2,1-2H3. The van der Waals surface area contributed by atoms with Gasteiger partial charge in [-0.3, -0.25) is 0 Å². The minimum absolute atomic E-state index is 0.487. The SMILES string of the molecule is CCCNCc1ncc(COC)o1. The highest BCUT2D eigenvalue weighted by atomic mass is 16.5. The van der Waals surface area contributed by atoms with Crippen molar-refractivity contribution in [1.29, 1.82) is 0 Å². The van der Waals surface area contributed by atoms with Crippen molar-refractivity contribution in [1.82, 2.24) is 10.3 Å². The van der Waals surface area contributed by atoms with E-state index in [0.717, 1.165) is 24.6 Å². The molecule has 0 fully saturated rings. The topological polar surface area (TPSA) is 47.3 Å². The quantitative estimate of drug-likeness (QED) is 0.677. The lowest BCUT2D eigenvalue weighted by Crippen LogP contribution is -2.13. The first-order valence-corrected chi connectivity index (χ1v) is 4.50. The molecule has 1 rings (SSSR count). The van der Waals surface area contributed by atoms with Crippen molar-refractivity contribution in [3.05, 3.63) is 17.8 Å². The molecule has 0 saturated carbocycles. The molecule has 0 aliphatic rings. The van der Waals surface area contributed by atoms with Gasteiger partial charge in [0.2, 0.25) is 5.89 Å². The highest BCUT2D eigenvalue weighted by Gasteiger charge is 2.01. The highest BCUT2D eigenvalue weighted by Crippen LogP contribution is 2.03. The molecule has 4 nitrogen and oxygen atoms in total. The Morgan fingerprint density at radius 3 is 3.15 bits per heavy atom. The number of nitrogens with one attached hydrogen (secondary N) is 1. The van der Waals surface area contributed by atoms with Crippen molar-refractivity contribution in [2.75, 3.05) is 13.7 Å². The first kappa shape index (κ1) is 10.2. The molecular weight excluding hydrogens is 168 g/mol. The van der Waals surface area contributed by atoms with E-state index in [2.05, 4.69) is 17.2 Å². The second-order valence-electron chi connectivity index (χ2n) is 2.83. The third kappa shape index (κ3) is 3.57. The first-order chi connectivity index (χ1) is 6.36. The molecule has 0 spiro atoms. The van der Waals surface area contributed by atoms with Crippen LogP contribution in [0.4, 0.5) is 0 Å². The fourth-order valence-electron chi connectivity index (χ4n) is 1.01. The number of rotatable bonds is 6. The van der Waals surface area contributed by atoms with Crippen molar-refractivity contribution >= 4 is 0 Å². The summed E-state index contributed by atoms with van der Waals surface area (Å²) in [5, 5.41) is 3.21. The van der Waals surface area contributed by atoms with Crippen LogP contribution in [0.25, 0.3) is 0 Å². The minimum Gasteiger partial charge on any atom is -0.442 e. The van der Waals surface area contributed by atoms with Crippen molar-refractivity contribution < 1.29 is 9.15 Å². The summed E-state index contributed by atoms with van der Waals surface area (Å²) in [5.41, 5.74) is 0. The Morgan fingerprint density at radius 2 is 2.46 bits per heavy atom. The van der Waals surface area contributed by atoms with E-state index in [4.69, 9.17) is 9.15 Å². The monoisotopic (exact) mass is 184 g/mol. The number of hydrogen-bond acceptors (Lipinski definition) is 4. The van der Waals surface area contributed by atoms with Gasteiger partial charge in [0, 0.05) is 7.11 Å². The van der Waals surface area contributed by atoms with Crippen LogP contribution in [0.15, 0.2) is 10.6 Å². The summed E-state index contributed by atoms with van der Waals surface area (Å²) >= 11 is 0. The maximum Gasteiger partial charge on any atom is 0.208 e. The lowest BCUT2D eigenvalue weighted by molar-refractivity contribution is 0.162. The summed E-state index contributed by atoms with van der Waals surface area (Å²) in [5.74, 6) is 1.50. The predicted molar refractivity (Wildman–Crippen MR) is 49.2 cm³/mol. The van der Waals surface area contributed by atoms with Gasteiger partial charge < -0.3 is 14.5 Å². The summed E-state index contributed by atoms with van der Waals surface area (Å²) in [6.45, 7) is 4.29. The Bertz CT molecular complexity index is 235. The molecule has 74 valence electrons. The molecule has 0 aliphatic heterocycles. The van der Waals surface area contributed by atoms with Gasteiger partial charge in [0.25, 0.3) is 0 Å². The summed E-state index contributed by atoms with van der Waals surface area (Å²) in [7, 11) is 1.64. The van der Waals surface area contributed by atoms with Crippen LogP contribution in [0, 0.1) is 0 Å². The van der Waals surface area contributed by atoms with Gasteiger partial charge in [-0.25, -0.2) is 4.98 Å². The smallest absolute Gasteiger partial charge is 0.208 e. The molecule has 0 aromatic carbocycles. The zero-order chi connectivity index (χ0) is 9.52. The molecule has 0 unspecified atom stereocenters. The fourth-order valence-corrected chi connectivity index (χ4v) is 1.01. The maximum atomic E-state index is 5.37. The molecular formula is C9H16N2O2. The van der Waals surface area contributed by atoms with Crippen LogP contribution in [-0.4, -0.2) is 18.6 Å². The summed E-state index contributed by atoms with van der Waals surface area (Å²) in [6.07, 6.45) is 2.82. The zero-order valence-corrected chi connectivity index (χ0v) is 8.17. The highest BCUT2D eigenvalue weighted by molar-refractivity contribution is 4.92. The van der Waals surface area contributed by atoms with Crippen LogP contribution >= 0.6 is 0 Å². The molecule has 1 aromatic heterocycles. The Hall–Kier alpha value is -0.870. The average molecular weight is 184 g/mol. The van der Waals surface area contributed by atoms with E-state index in [1.807, 2.05) is 0 Å². The van der Waals surface area contributed by atoms with Crippen LogP contribution in [0.5, 0.6) is 0 Å². The zero-order valence-electron chi connectivity index (χ0n) is 8.17. The molecule has 0 aliphatic carbocycles. The molecule has 0 saturated heterocycles. The van der Waals surface area contributed by atoms with Crippen LogP contribution < -0.4 is 5.32 Å². The molecule has 1 heterocycles. The van der Waals surface area contributed by atoms with E-state index < -0.39 is 0 Å². The summed E-state index contributed by atoms with van der Waals surface area (Å²) in [6, 6.07) is 0. The van der Waals surface area contributed by atoms with Crippen molar-refractivity contribution in [3.8, 4) is 0 Å². The summed E-state index contributed by atoms with van der Waals surface area (Å²) in [4.78, 5) is 4.10. The number of aromatic nitrogens is 1. The third-order valence-electron chi connectivity index (χ3n) is 1.59. The van der Waals surface area contributed by atoms with E-state index >= 15 is 0 Å². The Kier molecular flexibility index (Phi) is 4.49. The lowest BCUT2D eigenvalue weighted by Gasteiger charge is -1.97. The van der Waals surface area contributed by atoms with Crippen molar-refractivity contribution in [2.45, 2.75) is 26.5 Å². The molecule has 0 bridgehead atoms. The van der Waals surface area contributed by atoms with Gasteiger partial charge in [0.1, 0.15) is 12.4 Å². The van der Waals surface area contributed by atoms with E-state index in [1.165, 1.54) is 0 Å². The van der Waals surface area contributed by atoms with Gasteiger partial charge in [-0.2, -0.15) is 0 Å². The van der Waals surface area contributed by atoms with Crippen LogP contribution in [0.2, 0.25) is 0 Å². The number of hydrogen-bond donors (Lipinski definition) is 1. The van der Waals surface area contributed by atoms with E-state index in [-0.39, 0.29) is 0 Å². The molecule has 13 heavy (non-hydrogen) atoms.